The summed E-state index contributed by atoms with van der Waals surface area (Å²) >= 11 is 0. The molecule has 0 aliphatic rings. The fourth-order valence-electron chi connectivity index (χ4n) is 1.71. The summed E-state index contributed by atoms with van der Waals surface area (Å²) in [5.74, 6) is -0.142. The minimum Gasteiger partial charge on any atom is -0.354 e. The molecule has 1 aromatic carbocycles. The van der Waals surface area contributed by atoms with Crippen LogP contribution in [0.3, 0.4) is 0 Å². The molecule has 0 saturated heterocycles. The summed E-state index contributed by atoms with van der Waals surface area (Å²) in [7, 11) is 0. The van der Waals surface area contributed by atoms with Gasteiger partial charge in [0.15, 0.2) is 5.78 Å². The van der Waals surface area contributed by atoms with E-state index >= 15 is 0 Å². The summed E-state index contributed by atoms with van der Waals surface area (Å²) < 4.78 is 0. The van der Waals surface area contributed by atoms with Gasteiger partial charge in [0.05, 0.1) is 0 Å². The van der Waals surface area contributed by atoms with Crippen molar-refractivity contribution in [1.29, 1.82) is 0 Å². The van der Waals surface area contributed by atoms with Gasteiger partial charge in [-0.3, -0.25) is 9.59 Å². The van der Waals surface area contributed by atoms with Crippen molar-refractivity contribution in [3.63, 3.8) is 0 Å². The smallest absolute Gasteiger partial charge is 0.220 e. The summed E-state index contributed by atoms with van der Waals surface area (Å²) in [6, 6.07) is 7.54. The number of rotatable bonds is 7. The van der Waals surface area contributed by atoms with E-state index in [-0.39, 0.29) is 24.5 Å². The molecule has 1 rings (SSSR count). The van der Waals surface area contributed by atoms with E-state index < -0.39 is 5.54 Å². The van der Waals surface area contributed by atoms with Crippen molar-refractivity contribution in [3.8, 4) is 0 Å². The molecule has 0 saturated carbocycles. The van der Waals surface area contributed by atoms with Gasteiger partial charge < -0.3 is 11.1 Å². The molecule has 0 heterocycles. The molecule has 4 nitrogen and oxygen atoms in total. The maximum absolute atomic E-state index is 11.9. The second-order valence-corrected chi connectivity index (χ2v) is 5.74. The molecule has 20 heavy (non-hydrogen) atoms. The first-order chi connectivity index (χ1) is 9.31. The van der Waals surface area contributed by atoms with E-state index in [1.807, 2.05) is 38.1 Å². The summed E-state index contributed by atoms with van der Waals surface area (Å²) in [6.45, 7) is 6.16. The molecule has 0 atom stereocenters. The number of hydrogen-bond donors (Lipinski definition) is 2. The first-order valence-electron chi connectivity index (χ1n) is 6.99. The van der Waals surface area contributed by atoms with Gasteiger partial charge in [0.2, 0.25) is 5.91 Å². The molecule has 3 N–H and O–H groups in total. The summed E-state index contributed by atoms with van der Waals surface area (Å²) in [5, 5.41) is 2.73. The molecule has 0 unspecified atom stereocenters. The zero-order chi connectivity index (χ0) is 15.2. The molecular weight excluding hydrogens is 252 g/mol. The molecule has 0 fully saturated rings. The van der Waals surface area contributed by atoms with Crippen LogP contribution in [-0.4, -0.2) is 23.8 Å². The molecule has 1 amide bonds. The van der Waals surface area contributed by atoms with Gasteiger partial charge in [-0.25, -0.2) is 0 Å². The number of hydrogen-bond acceptors (Lipinski definition) is 3. The number of aryl methyl sites for hydroxylation is 1. The second-order valence-electron chi connectivity index (χ2n) is 5.74. The Labute approximate surface area is 120 Å². The summed E-state index contributed by atoms with van der Waals surface area (Å²) in [6.07, 6.45) is 1.37. The highest BCUT2D eigenvalue weighted by atomic mass is 16.2. The largest absolute Gasteiger partial charge is 0.354 e. The van der Waals surface area contributed by atoms with Crippen LogP contribution in [0.1, 0.15) is 49.5 Å². The molecular formula is C16H24N2O2. The van der Waals surface area contributed by atoms with Crippen molar-refractivity contribution in [3.05, 3.63) is 35.4 Å². The van der Waals surface area contributed by atoms with Crippen molar-refractivity contribution >= 4 is 11.7 Å². The molecule has 0 spiro atoms. The van der Waals surface area contributed by atoms with Gasteiger partial charge in [0.1, 0.15) is 0 Å². The average Bonchev–Trinajstić information content (AvgIpc) is 2.41. The average molecular weight is 276 g/mol. The number of carbonyl (C=O) groups is 2. The van der Waals surface area contributed by atoms with Gasteiger partial charge in [-0.05, 0) is 25.8 Å². The van der Waals surface area contributed by atoms with Gasteiger partial charge in [-0.2, -0.15) is 0 Å². The Hall–Kier alpha value is -1.68. The Bertz CT molecular complexity index is 458. The molecule has 0 aliphatic carbocycles. The molecule has 0 aromatic heterocycles. The Morgan fingerprint density at radius 2 is 1.75 bits per heavy atom. The van der Waals surface area contributed by atoms with Crippen LogP contribution in [-0.2, 0) is 11.2 Å². The van der Waals surface area contributed by atoms with E-state index in [2.05, 4.69) is 12.2 Å². The van der Waals surface area contributed by atoms with E-state index in [9.17, 15) is 9.59 Å². The quantitative estimate of drug-likeness (QED) is 0.749. The fourth-order valence-corrected chi connectivity index (χ4v) is 1.71. The Balaban J connectivity index is 2.40. The van der Waals surface area contributed by atoms with E-state index in [0.717, 1.165) is 6.42 Å². The SMILES string of the molecule is CCc1ccc(C(=O)CCC(=O)NCC(C)(C)N)cc1. The van der Waals surface area contributed by atoms with Gasteiger partial charge >= 0.3 is 0 Å². The van der Waals surface area contributed by atoms with E-state index in [4.69, 9.17) is 5.73 Å². The van der Waals surface area contributed by atoms with Crippen molar-refractivity contribution in [2.45, 2.75) is 45.6 Å². The third kappa shape index (κ3) is 5.97. The van der Waals surface area contributed by atoms with E-state index in [1.54, 1.807) is 0 Å². The van der Waals surface area contributed by atoms with Gasteiger partial charge in [0.25, 0.3) is 0 Å². The van der Waals surface area contributed by atoms with Crippen molar-refractivity contribution < 1.29 is 9.59 Å². The number of nitrogens with one attached hydrogen (secondary N) is 1. The maximum atomic E-state index is 11.9. The molecule has 0 radical (unpaired) electrons. The van der Waals surface area contributed by atoms with E-state index in [1.165, 1.54) is 5.56 Å². The lowest BCUT2D eigenvalue weighted by Gasteiger charge is -2.18. The van der Waals surface area contributed by atoms with Crippen LogP contribution in [0.4, 0.5) is 0 Å². The van der Waals surface area contributed by atoms with Crippen LogP contribution in [0, 0.1) is 0 Å². The third-order valence-corrected chi connectivity index (χ3v) is 3.00. The Morgan fingerprint density at radius 3 is 2.25 bits per heavy atom. The lowest BCUT2D eigenvalue weighted by molar-refractivity contribution is -0.121. The van der Waals surface area contributed by atoms with Gasteiger partial charge in [-0.1, -0.05) is 31.2 Å². The lowest BCUT2D eigenvalue weighted by atomic mass is 10.0. The number of ketones is 1. The van der Waals surface area contributed by atoms with Crippen LogP contribution in [0.15, 0.2) is 24.3 Å². The highest BCUT2D eigenvalue weighted by Crippen LogP contribution is 2.08. The Morgan fingerprint density at radius 1 is 1.15 bits per heavy atom. The number of carbonyl (C=O) groups excluding carboxylic acids is 2. The standard InChI is InChI=1S/C16H24N2O2/c1-4-12-5-7-13(8-6-12)14(19)9-10-15(20)18-11-16(2,3)17/h5-8H,4,9-11,17H2,1-3H3,(H,18,20). The zero-order valence-electron chi connectivity index (χ0n) is 12.5. The van der Waals surface area contributed by atoms with Crippen LogP contribution < -0.4 is 11.1 Å². The molecule has 4 heteroatoms. The van der Waals surface area contributed by atoms with Crippen molar-refractivity contribution in [2.24, 2.45) is 5.73 Å². The first-order valence-corrected chi connectivity index (χ1v) is 6.99. The van der Waals surface area contributed by atoms with Crippen molar-refractivity contribution in [2.75, 3.05) is 6.54 Å². The first kappa shape index (κ1) is 16.4. The van der Waals surface area contributed by atoms with Crippen LogP contribution in [0.25, 0.3) is 0 Å². The predicted octanol–water partition coefficient (Wildman–Crippen LogP) is 2.07. The number of nitrogens with two attached hydrogens (primary N) is 1. The molecule has 0 aliphatic heterocycles. The summed E-state index contributed by atoms with van der Waals surface area (Å²) in [4.78, 5) is 23.6. The van der Waals surface area contributed by atoms with Crippen molar-refractivity contribution in [1.82, 2.24) is 5.32 Å². The van der Waals surface area contributed by atoms with Gasteiger partial charge in [0, 0.05) is 30.5 Å². The fraction of sp³-hybridized carbons (Fsp3) is 0.500. The topological polar surface area (TPSA) is 72.2 Å². The van der Waals surface area contributed by atoms with Gasteiger partial charge in [-0.15, -0.1) is 0 Å². The van der Waals surface area contributed by atoms with Crippen LogP contribution in [0.2, 0.25) is 0 Å². The molecule has 110 valence electrons. The van der Waals surface area contributed by atoms with Crippen LogP contribution in [0.5, 0.6) is 0 Å². The lowest BCUT2D eigenvalue weighted by Crippen LogP contribution is -2.45. The monoisotopic (exact) mass is 276 g/mol. The number of Topliss-reactive ketones (excluding diaryl/α,β-unsaturated/α-hetero) is 1. The normalized spacial score (nSPS) is 11.2. The predicted molar refractivity (Wildman–Crippen MR) is 80.7 cm³/mol. The van der Waals surface area contributed by atoms with E-state index in [0.29, 0.717) is 12.1 Å². The number of benzene rings is 1. The summed E-state index contributed by atoms with van der Waals surface area (Å²) in [5.41, 5.74) is 7.20. The number of amides is 1. The maximum Gasteiger partial charge on any atom is 0.220 e. The van der Waals surface area contributed by atoms with Crippen LogP contribution >= 0.6 is 0 Å². The highest BCUT2D eigenvalue weighted by molar-refractivity contribution is 5.97. The highest BCUT2D eigenvalue weighted by Gasteiger charge is 2.13. The second kappa shape index (κ2) is 7.20. The third-order valence-electron chi connectivity index (χ3n) is 3.00. The minimum absolute atomic E-state index is 0.00480. The zero-order valence-corrected chi connectivity index (χ0v) is 12.5. The Kier molecular flexibility index (Phi) is 5.89. The molecule has 1 aromatic rings. The molecule has 0 bridgehead atoms. The minimum atomic E-state index is -0.435.